The molecule has 2 N–H and O–H groups in total. The first-order valence-electron chi connectivity index (χ1n) is 14.3. The molecular weight excluding hydrogens is 575 g/mol. The number of pyridine rings is 1. The molecule has 1 fully saturated rings. The van der Waals surface area contributed by atoms with Crippen molar-refractivity contribution < 1.29 is 14.5 Å². The number of hydrogen-bond acceptors (Lipinski definition) is 6. The van der Waals surface area contributed by atoms with Crippen molar-refractivity contribution in [3.05, 3.63) is 112 Å². The lowest BCUT2D eigenvalue weighted by atomic mass is 10.0. The molecule has 1 aliphatic carbocycles. The highest BCUT2D eigenvalue weighted by atomic mass is 35.5. The molecule has 5 aromatic rings. The van der Waals surface area contributed by atoms with Crippen molar-refractivity contribution >= 4 is 33.9 Å². The fraction of sp³-hybridized carbons (Fsp3) is 0.250. The van der Waals surface area contributed by atoms with Gasteiger partial charge < -0.3 is 10.6 Å². The van der Waals surface area contributed by atoms with Gasteiger partial charge in [-0.2, -0.15) is 5.26 Å². The molecule has 0 spiro atoms. The topological polar surface area (TPSA) is 91.5 Å². The Morgan fingerprint density at radius 2 is 1.84 bits per heavy atom. The minimum absolute atomic E-state index is 0.0321. The lowest BCUT2D eigenvalue weighted by molar-refractivity contribution is 0.0593. The first kappa shape index (κ1) is 27.2. The Balaban J connectivity index is 1.46. The first-order valence-corrected chi connectivity index (χ1v) is 14.2. The zero-order valence-electron chi connectivity index (χ0n) is 24.0. The van der Waals surface area contributed by atoms with Crippen LogP contribution in [0, 0.1) is 17.1 Å². The van der Waals surface area contributed by atoms with Gasteiger partial charge in [0, 0.05) is 17.3 Å². The van der Waals surface area contributed by atoms with Gasteiger partial charge in [-0.3, -0.25) is 4.98 Å². The van der Waals surface area contributed by atoms with Crippen molar-refractivity contribution in [1.29, 1.82) is 5.26 Å². The van der Waals surface area contributed by atoms with Gasteiger partial charge in [0.25, 0.3) is 6.43 Å². The smallest absolute Gasteiger partial charge is 0.263 e. The quantitative estimate of drug-likeness (QED) is 0.168. The van der Waals surface area contributed by atoms with Gasteiger partial charge in [0.15, 0.2) is 0 Å². The third-order valence-electron chi connectivity index (χ3n) is 7.75. The Hall–Kier alpha value is -4.62. The molecule has 6 rings (SSSR count). The van der Waals surface area contributed by atoms with Gasteiger partial charge in [-0.15, -0.1) is 5.10 Å². The zero-order chi connectivity index (χ0) is 31.1. The lowest BCUT2D eigenvalue weighted by Crippen LogP contribution is -2.26. The predicted octanol–water partition coefficient (Wildman–Crippen LogP) is 8.01. The van der Waals surface area contributed by atoms with Gasteiger partial charge >= 0.3 is 0 Å². The van der Waals surface area contributed by atoms with E-state index in [1.807, 2.05) is 37.3 Å². The minimum atomic E-state index is -2.65. The Labute approximate surface area is 252 Å². The highest BCUT2D eigenvalue weighted by molar-refractivity contribution is 6.35. The van der Waals surface area contributed by atoms with Crippen LogP contribution in [0.3, 0.4) is 0 Å². The Morgan fingerprint density at radius 1 is 1.09 bits per heavy atom. The average molecular weight is 603 g/mol. The molecule has 0 radical (unpaired) electrons. The first-order chi connectivity index (χ1) is 21.2. The van der Waals surface area contributed by atoms with Gasteiger partial charge in [0.05, 0.1) is 41.4 Å². The number of hydrogen-bond donors (Lipinski definition) is 2. The van der Waals surface area contributed by atoms with E-state index in [4.69, 9.17) is 11.6 Å². The van der Waals surface area contributed by atoms with Crippen molar-refractivity contribution in [2.45, 2.75) is 50.2 Å². The normalized spacial score (nSPS) is 16.3. The van der Waals surface area contributed by atoms with Gasteiger partial charge in [-0.1, -0.05) is 66.2 Å². The summed E-state index contributed by atoms with van der Waals surface area (Å²) in [6.45, 7) is 2.03. The van der Waals surface area contributed by atoms with Crippen LogP contribution < -0.4 is 10.6 Å². The predicted molar refractivity (Wildman–Crippen MR) is 160 cm³/mol. The monoisotopic (exact) mass is 602 g/mol. The van der Waals surface area contributed by atoms with E-state index in [9.17, 15) is 19.8 Å². The molecule has 218 valence electrons. The minimum Gasteiger partial charge on any atom is -0.377 e. The van der Waals surface area contributed by atoms with Crippen LogP contribution in [-0.2, 0) is 5.54 Å². The summed E-state index contributed by atoms with van der Waals surface area (Å²) in [6.07, 6.45) is 1.36. The Morgan fingerprint density at radius 3 is 2.49 bits per heavy atom. The number of aromatic nitrogens is 4. The summed E-state index contributed by atoms with van der Waals surface area (Å²) >= 11 is 6.73. The SMILES string of the molecule is [2H][C@@](Nc1cc(Cl)c2ncc(C#N)c(N[C@H](CC)c3ccccc3)c2c1)(c1ccc(F)cc1)c1cn(C2(C(F)F)CC2)nn1. The Bertz CT molecular complexity index is 1860. The number of nitriles is 1. The van der Waals surface area contributed by atoms with Crippen molar-refractivity contribution in [2.24, 2.45) is 0 Å². The maximum absolute atomic E-state index is 13.9. The maximum atomic E-state index is 13.9. The highest BCUT2D eigenvalue weighted by Crippen LogP contribution is 2.48. The van der Waals surface area contributed by atoms with E-state index in [2.05, 4.69) is 32.0 Å². The number of rotatable bonds is 10. The lowest BCUT2D eigenvalue weighted by Gasteiger charge is -2.22. The third kappa shape index (κ3) is 5.48. The highest BCUT2D eigenvalue weighted by Gasteiger charge is 2.54. The number of benzene rings is 3. The number of halogens is 4. The molecule has 0 unspecified atom stereocenters. The zero-order valence-corrected chi connectivity index (χ0v) is 23.8. The largest absolute Gasteiger partial charge is 0.377 e. The molecule has 43 heavy (non-hydrogen) atoms. The van der Waals surface area contributed by atoms with Crippen LogP contribution in [0.1, 0.15) is 62.0 Å². The molecule has 1 saturated carbocycles. The molecule has 0 bridgehead atoms. The number of fused-ring (bicyclic) bond motifs is 1. The van der Waals surface area contributed by atoms with E-state index in [1.165, 1.54) is 36.7 Å². The maximum Gasteiger partial charge on any atom is 0.263 e. The van der Waals surface area contributed by atoms with Crippen molar-refractivity contribution in [3.63, 3.8) is 0 Å². The molecule has 11 heteroatoms. The molecule has 2 heterocycles. The van der Waals surface area contributed by atoms with Crippen molar-refractivity contribution in [3.8, 4) is 6.07 Å². The van der Waals surface area contributed by atoms with Crippen LogP contribution in [-0.4, -0.2) is 26.4 Å². The van der Waals surface area contributed by atoms with E-state index < -0.39 is 23.8 Å². The van der Waals surface area contributed by atoms with E-state index in [1.54, 1.807) is 12.1 Å². The van der Waals surface area contributed by atoms with Crippen LogP contribution in [0.2, 0.25) is 5.02 Å². The fourth-order valence-corrected chi connectivity index (χ4v) is 5.44. The fourth-order valence-electron chi connectivity index (χ4n) is 5.17. The van der Waals surface area contributed by atoms with Gasteiger partial charge in [-0.25, -0.2) is 17.9 Å². The second-order valence-electron chi connectivity index (χ2n) is 10.5. The van der Waals surface area contributed by atoms with Crippen LogP contribution in [0.15, 0.2) is 79.1 Å². The number of anilines is 2. The molecule has 2 aromatic heterocycles. The summed E-state index contributed by atoms with van der Waals surface area (Å²) < 4.78 is 52.3. The van der Waals surface area contributed by atoms with E-state index >= 15 is 0 Å². The molecule has 0 aliphatic heterocycles. The van der Waals surface area contributed by atoms with E-state index in [0.29, 0.717) is 33.4 Å². The molecule has 2 atom stereocenters. The van der Waals surface area contributed by atoms with E-state index in [-0.39, 0.29) is 29.6 Å². The van der Waals surface area contributed by atoms with Gasteiger partial charge in [0.1, 0.15) is 23.1 Å². The number of nitrogens with one attached hydrogen (secondary N) is 2. The van der Waals surface area contributed by atoms with Crippen molar-refractivity contribution in [1.82, 2.24) is 20.0 Å². The Kier molecular flexibility index (Phi) is 7.33. The molecule has 1 aliphatic rings. The number of nitrogens with zero attached hydrogens (tertiary/aromatic N) is 5. The summed E-state index contributed by atoms with van der Waals surface area (Å²) in [5, 5.41) is 25.5. The second kappa shape index (κ2) is 11.6. The van der Waals surface area contributed by atoms with Crippen molar-refractivity contribution in [2.75, 3.05) is 10.6 Å². The summed E-state index contributed by atoms with van der Waals surface area (Å²) in [5.74, 6) is -0.502. The van der Waals surface area contributed by atoms with Crippen LogP contribution in [0.4, 0.5) is 24.5 Å². The second-order valence-corrected chi connectivity index (χ2v) is 10.9. The number of alkyl halides is 2. The summed E-state index contributed by atoms with van der Waals surface area (Å²) in [5.41, 5.74) is 1.54. The molecule has 0 amide bonds. The van der Waals surface area contributed by atoms with Gasteiger partial charge in [-0.05, 0) is 54.7 Å². The summed E-state index contributed by atoms with van der Waals surface area (Å²) in [4.78, 5) is 4.43. The summed E-state index contributed by atoms with van der Waals surface area (Å²) in [7, 11) is 0. The average Bonchev–Trinajstić information content (AvgIpc) is 3.69. The van der Waals surface area contributed by atoms with Crippen LogP contribution in [0.25, 0.3) is 10.9 Å². The van der Waals surface area contributed by atoms with Gasteiger partial charge in [0.2, 0.25) is 0 Å². The molecule has 0 saturated heterocycles. The molecular formula is C32H27ClF3N7. The van der Waals surface area contributed by atoms with E-state index in [0.717, 1.165) is 16.7 Å². The van der Waals surface area contributed by atoms with Crippen LogP contribution in [0.5, 0.6) is 0 Å². The summed E-state index contributed by atoms with van der Waals surface area (Å²) in [6, 6.07) is 18.6. The molecule has 7 nitrogen and oxygen atoms in total. The standard InChI is InChI=1S/C32H27ClF3N7/c1-2-26(19-6-4-3-5-7-19)40-28-21(16-37)17-38-30-24(28)14-23(15-25(30)33)39-29(20-8-10-22(34)11-9-20)27-18-43(42-41-27)32(12-13-32)31(35)36/h3-11,14-15,17-18,26,29,31,39H,2,12-13H2,1H3,(H,38,40)/t26-,29-/m1/s1/i29D. The van der Waals surface area contributed by atoms with Crippen LogP contribution >= 0.6 is 11.6 Å². The third-order valence-corrected chi connectivity index (χ3v) is 8.04. The molecule has 3 aromatic carbocycles.